The van der Waals surface area contributed by atoms with Gasteiger partial charge >= 0.3 is 0 Å². The number of ether oxygens (including phenoxy) is 1. The van der Waals surface area contributed by atoms with Gasteiger partial charge < -0.3 is 15.0 Å². The van der Waals surface area contributed by atoms with Crippen LogP contribution in [0.1, 0.15) is 19.4 Å². The first kappa shape index (κ1) is 17.3. The van der Waals surface area contributed by atoms with Crippen LogP contribution >= 0.6 is 0 Å². The molecule has 23 heavy (non-hydrogen) atoms. The van der Waals surface area contributed by atoms with Gasteiger partial charge in [-0.05, 0) is 13.0 Å². The van der Waals surface area contributed by atoms with Crippen molar-refractivity contribution in [2.45, 2.75) is 26.4 Å². The van der Waals surface area contributed by atoms with Crippen LogP contribution in [0, 0.1) is 0 Å². The van der Waals surface area contributed by atoms with E-state index in [-0.39, 0.29) is 17.9 Å². The van der Waals surface area contributed by atoms with Crippen LogP contribution in [0.5, 0.6) is 5.75 Å². The van der Waals surface area contributed by atoms with E-state index in [2.05, 4.69) is 10.2 Å². The third kappa shape index (κ3) is 4.45. The second-order valence-corrected chi connectivity index (χ2v) is 5.75. The summed E-state index contributed by atoms with van der Waals surface area (Å²) < 4.78 is 5.29. The minimum Gasteiger partial charge on any atom is -0.496 e. The first-order chi connectivity index (χ1) is 11.0. The first-order valence-electron chi connectivity index (χ1n) is 7.92. The molecule has 1 aromatic carbocycles. The molecule has 0 radical (unpaired) electrons. The lowest BCUT2D eigenvalue weighted by Crippen LogP contribution is -2.54. The number of nitrogens with one attached hydrogen (secondary N) is 1. The molecule has 6 heteroatoms. The number of benzene rings is 1. The van der Waals surface area contributed by atoms with Crippen molar-refractivity contribution in [3.63, 3.8) is 0 Å². The Labute approximate surface area is 137 Å². The maximum absolute atomic E-state index is 12.4. The molecular weight excluding hydrogens is 294 g/mol. The van der Waals surface area contributed by atoms with E-state index in [9.17, 15) is 9.59 Å². The highest BCUT2D eigenvalue weighted by Gasteiger charge is 2.26. The maximum Gasteiger partial charge on any atom is 0.237 e. The molecule has 0 spiro atoms. The van der Waals surface area contributed by atoms with E-state index in [0.29, 0.717) is 19.6 Å². The van der Waals surface area contributed by atoms with Gasteiger partial charge in [0, 0.05) is 45.2 Å². The van der Waals surface area contributed by atoms with E-state index in [1.807, 2.05) is 36.1 Å². The zero-order valence-corrected chi connectivity index (χ0v) is 14.0. The van der Waals surface area contributed by atoms with Crippen molar-refractivity contribution in [3.8, 4) is 5.75 Å². The average molecular weight is 319 g/mol. The molecule has 1 aromatic rings. The summed E-state index contributed by atoms with van der Waals surface area (Å²) >= 11 is 0. The summed E-state index contributed by atoms with van der Waals surface area (Å²) in [6, 6.07) is 7.44. The Kier molecular flexibility index (Phi) is 5.98. The van der Waals surface area contributed by atoms with Gasteiger partial charge in [-0.15, -0.1) is 0 Å². The van der Waals surface area contributed by atoms with E-state index in [1.165, 1.54) is 0 Å². The van der Waals surface area contributed by atoms with Crippen LogP contribution in [0.2, 0.25) is 0 Å². The van der Waals surface area contributed by atoms with Crippen LogP contribution < -0.4 is 10.1 Å². The molecular formula is C17H25N3O3. The Balaban J connectivity index is 1.85. The number of carbonyl (C=O) groups excluding carboxylic acids is 2. The molecule has 6 nitrogen and oxygen atoms in total. The van der Waals surface area contributed by atoms with Gasteiger partial charge in [-0.2, -0.15) is 0 Å². The summed E-state index contributed by atoms with van der Waals surface area (Å²) in [4.78, 5) is 27.6. The van der Waals surface area contributed by atoms with Gasteiger partial charge in [-0.25, -0.2) is 0 Å². The van der Waals surface area contributed by atoms with Gasteiger partial charge in [0.25, 0.3) is 0 Å². The summed E-state index contributed by atoms with van der Waals surface area (Å²) in [6.07, 6.45) is 0. The van der Waals surface area contributed by atoms with Gasteiger partial charge in [0.15, 0.2) is 0 Å². The van der Waals surface area contributed by atoms with Crippen LogP contribution in [0.4, 0.5) is 0 Å². The number of rotatable bonds is 5. The molecule has 2 amide bonds. The van der Waals surface area contributed by atoms with Crippen molar-refractivity contribution in [3.05, 3.63) is 29.8 Å². The summed E-state index contributed by atoms with van der Waals surface area (Å²) in [5.74, 6) is 0.862. The van der Waals surface area contributed by atoms with E-state index in [1.54, 1.807) is 14.0 Å². The largest absolute Gasteiger partial charge is 0.496 e. The van der Waals surface area contributed by atoms with Gasteiger partial charge in [0.05, 0.1) is 13.2 Å². The topological polar surface area (TPSA) is 61.9 Å². The summed E-state index contributed by atoms with van der Waals surface area (Å²) in [7, 11) is 1.62. The van der Waals surface area contributed by atoms with Crippen molar-refractivity contribution in [1.82, 2.24) is 15.1 Å². The second kappa shape index (κ2) is 7.97. The highest BCUT2D eigenvalue weighted by molar-refractivity contribution is 5.81. The van der Waals surface area contributed by atoms with Crippen LogP contribution in [0.15, 0.2) is 24.3 Å². The van der Waals surface area contributed by atoms with E-state index in [0.717, 1.165) is 24.4 Å². The van der Waals surface area contributed by atoms with Crippen LogP contribution in [-0.4, -0.2) is 60.9 Å². The molecule has 1 fully saturated rings. The monoisotopic (exact) mass is 319 g/mol. The third-order valence-electron chi connectivity index (χ3n) is 4.33. The fraction of sp³-hybridized carbons (Fsp3) is 0.529. The van der Waals surface area contributed by atoms with Gasteiger partial charge in [0.1, 0.15) is 5.75 Å². The molecule has 126 valence electrons. The molecule has 1 aliphatic heterocycles. The summed E-state index contributed by atoms with van der Waals surface area (Å²) in [5, 5.41) is 2.96. The van der Waals surface area contributed by atoms with Crippen molar-refractivity contribution < 1.29 is 14.3 Å². The smallest absolute Gasteiger partial charge is 0.237 e. The van der Waals surface area contributed by atoms with Crippen molar-refractivity contribution in [2.75, 3.05) is 33.3 Å². The van der Waals surface area contributed by atoms with Crippen LogP contribution in [0.25, 0.3) is 0 Å². The highest BCUT2D eigenvalue weighted by atomic mass is 16.5. The van der Waals surface area contributed by atoms with Crippen LogP contribution in [-0.2, 0) is 16.1 Å². The van der Waals surface area contributed by atoms with Gasteiger partial charge in [0.2, 0.25) is 11.8 Å². The standard InChI is InChI=1S/C17H25N3O3/c1-13(19-8-10-20(11-9-19)14(2)21)17(22)18-12-15-6-4-5-7-16(15)23-3/h4-7,13H,8-12H2,1-3H3,(H,18,22)/t13-/m0/s1. The first-order valence-corrected chi connectivity index (χ1v) is 7.92. The van der Waals surface area contributed by atoms with Crippen molar-refractivity contribution >= 4 is 11.8 Å². The number of hydrogen-bond donors (Lipinski definition) is 1. The van der Waals surface area contributed by atoms with Crippen molar-refractivity contribution in [2.24, 2.45) is 0 Å². The van der Waals surface area contributed by atoms with Crippen LogP contribution in [0.3, 0.4) is 0 Å². The maximum atomic E-state index is 12.4. The molecule has 0 aromatic heterocycles. The lowest BCUT2D eigenvalue weighted by atomic mass is 10.1. The lowest BCUT2D eigenvalue weighted by molar-refractivity contribution is -0.132. The van der Waals surface area contributed by atoms with E-state index < -0.39 is 0 Å². The van der Waals surface area contributed by atoms with Crippen molar-refractivity contribution in [1.29, 1.82) is 0 Å². The third-order valence-corrected chi connectivity index (χ3v) is 4.33. The minimum absolute atomic E-state index is 0.00724. The van der Waals surface area contributed by atoms with E-state index in [4.69, 9.17) is 4.74 Å². The molecule has 1 N–H and O–H groups in total. The average Bonchev–Trinajstić information content (AvgIpc) is 2.59. The summed E-state index contributed by atoms with van der Waals surface area (Å²) in [6.45, 7) is 6.74. The zero-order valence-electron chi connectivity index (χ0n) is 14.0. The number of piperazine rings is 1. The molecule has 0 bridgehead atoms. The number of nitrogens with zero attached hydrogens (tertiary/aromatic N) is 2. The fourth-order valence-electron chi connectivity index (χ4n) is 2.77. The second-order valence-electron chi connectivity index (χ2n) is 5.75. The molecule has 2 rings (SSSR count). The fourth-order valence-corrected chi connectivity index (χ4v) is 2.77. The number of methoxy groups -OCH3 is 1. The lowest BCUT2D eigenvalue weighted by Gasteiger charge is -2.37. The Morgan fingerprint density at radius 2 is 1.87 bits per heavy atom. The molecule has 0 saturated carbocycles. The number of carbonyl (C=O) groups is 2. The highest BCUT2D eigenvalue weighted by Crippen LogP contribution is 2.17. The minimum atomic E-state index is -0.209. The molecule has 1 heterocycles. The number of amides is 2. The predicted octanol–water partition coefficient (Wildman–Crippen LogP) is 0.864. The Morgan fingerprint density at radius 3 is 2.48 bits per heavy atom. The normalized spacial score (nSPS) is 16.7. The number of hydrogen-bond acceptors (Lipinski definition) is 4. The van der Waals surface area contributed by atoms with Gasteiger partial charge in [-0.3, -0.25) is 14.5 Å². The quantitative estimate of drug-likeness (QED) is 0.874. The van der Waals surface area contributed by atoms with Gasteiger partial charge in [-0.1, -0.05) is 18.2 Å². The Hall–Kier alpha value is -2.08. The SMILES string of the molecule is COc1ccccc1CNC(=O)[C@H](C)N1CCN(C(C)=O)CC1. The predicted molar refractivity (Wildman–Crippen MR) is 88.1 cm³/mol. The molecule has 1 aliphatic rings. The molecule has 1 atom stereocenters. The molecule has 1 saturated heterocycles. The number of para-hydroxylation sites is 1. The zero-order chi connectivity index (χ0) is 16.8. The van der Waals surface area contributed by atoms with E-state index >= 15 is 0 Å². The summed E-state index contributed by atoms with van der Waals surface area (Å²) in [5.41, 5.74) is 0.956. The molecule has 0 unspecified atom stereocenters. The molecule has 0 aliphatic carbocycles. The Bertz CT molecular complexity index is 554. The Morgan fingerprint density at radius 1 is 1.22 bits per heavy atom.